The van der Waals surface area contributed by atoms with Crippen LogP contribution in [0, 0.1) is 11.7 Å². The standard InChI is InChI=1S/C23H30FN3O2/c1-6-12-27(23(29)17-8-7-9-19(24)13-17)15-18-14-20(25-22(28)16(2)3)10-11-21(18)26(4)5/h7-11,13-14,16H,6,12,15H2,1-5H3,(H,25,28). The topological polar surface area (TPSA) is 52.7 Å². The Balaban J connectivity index is 2.35. The van der Waals surface area contributed by atoms with E-state index in [1.807, 2.05) is 58.0 Å². The van der Waals surface area contributed by atoms with Crippen LogP contribution < -0.4 is 10.2 Å². The summed E-state index contributed by atoms with van der Waals surface area (Å²) < 4.78 is 13.6. The molecule has 0 aliphatic heterocycles. The summed E-state index contributed by atoms with van der Waals surface area (Å²) in [5.41, 5.74) is 2.89. The van der Waals surface area contributed by atoms with Crippen LogP contribution in [0.5, 0.6) is 0 Å². The van der Waals surface area contributed by atoms with E-state index in [4.69, 9.17) is 0 Å². The molecular formula is C23H30FN3O2. The minimum absolute atomic E-state index is 0.0604. The smallest absolute Gasteiger partial charge is 0.254 e. The number of halogens is 1. The predicted octanol–water partition coefficient (Wildman–Crippen LogP) is 4.54. The number of carbonyl (C=O) groups excluding carboxylic acids is 2. The van der Waals surface area contributed by atoms with Crippen LogP contribution in [0.25, 0.3) is 0 Å². The number of nitrogens with one attached hydrogen (secondary N) is 1. The van der Waals surface area contributed by atoms with Crippen molar-refractivity contribution in [1.29, 1.82) is 0 Å². The van der Waals surface area contributed by atoms with Crippen LogP contribution in [-0.2, 0) is 11.3 Å². The molecule has 0 radical (unpaired) electrons. The summed E-state index contributed by atoms with van der Waals surface area (Å²) in [5, 5.41) is 2.91. The fraction of sp³-hybridized carbons (Fsp3) is 0.391. The number of carbonyl (C=O) groups is 2. The van der Waals surface area contributed by atoms with Gasteiger partial charge in [-0.3, -0.25) is 9.59 Å². The van der Waals surface area contributed by atoms with Crippen LogP contribution in [0.3, 0.4) is 0 Å². The highest BCUT2D eigenvalue weighted by Gasteiger charge is 2.19. The van der Waals surface area contributed by atoms with E-state index >= 15 is 0 Å². The number of benzene rings is 2. The van der Waals surface area contributed by atoms with Crippen molar-refractivity contribution >= 4 is 23.2 Å². The fourth-order valence-electron chi connectivity index (χ4n) is 3.04. The van der Waals surface area contributed by atoms with Crippen molar-refractivity contribution in [3.8, 4) is 0 Å². The average molecular weight is 400 g/mol. The molecule has 2 amide bonds. The highest BCUT2D eigenvalue weighted by atomic mass is 19.1. The lowest BCUT2D eigenvalue weighted by Crippen LogP contribution is -2.32. The van der Waals surface area contributed by atoms with Crippen LogP contribution in [0.15, 0.2) is 42.5 Å². The first-order valence-electron chi connectivity index (χ1n) is 9.88. The van der Waals surface area contributed by atoms with Crippen LogP contribution in [0.1, 0.15) is 43.1 Å². The summed E-state index contributed by atoms with van der Waals surface area (Å²) in [4.78, 5) is 28.8. The zero-order valence-corrected chi connectivity index (χ0v) is 17.8. The number of hydrogen-bond donors (Lipinski definition) is 1. The first-order chi connectivity index (χ1) is 13.7. The molecule has 0 aromatic heterocycles. The molecule has 2 aromatic rings. The van der Waals surface area contributed by atoms with Gasteiger partial charge in [-0.15, -0.1) is 0 Å². The molecule has 2 rings (SSSR count). The third-order valence-electron chi connectivity index (χ3n) is 4.57. The summed E-state index contributed by atoms with van der Waals surface area (Å²) in [6.45, 7) is 6.58. The second-order valence-electron chi connectivity index (χ2n) is 7.62. The van der Waals surface area contributed by atoms with Gasteiger partial charge in [-0.1, -0.05) is 26.8 Å². The fourth-order valence-corrected chi connectivity index (χ4v) is 3.04. The van der Waals surface area contributed by atoms with Gasteiger partial charge in [-0.05, 0) is 48.4 Å². The van der Waals surface area contributed by atoms with Gasteiger partial charge < -0.3 is 15.1 Å². The van der Waals surface area contributed by atoms with Crippen molar-refractivity contribution in [3.05, 3.63) is 59.4 Å². The Morgan fingerprint density at radius 2 is 1.83 bits per heavy atom. The van der Waals surface area contributed by atoms with Gasteiger partial charge in [0, 0.05) is 50.0 Å². The normalized spacial score (nSPS) is 10.7. The van der Waals surface area contributed by atoms with E-state index in [0.29, 0.717) is 24.3 Å². The molecule has 0 spiro atoms. The van der Waals surface area contributed by atoms with Crippen molar-refractivity contribution in [2.45, 2.75) is 33.7 Å². The first kappa shape index (κ1) is 22.4. The Hall–Kier alpha value is -2.89. The molecule has 0 saturated heterocycles. The summed E-state index contributed by atoms with van der Waals surface area (Å²) in [5.74, 6) is -0.833. The lowest BCUT2D eigenvalue weighted by molar-refractivity contribution is -0.118. The summed E-state index contributed by atoms with van der Waals surface area (Å²) >= 11 is 0. The van der Waals surface area contributed by atoms with Gasteiger partial charge in [0.05, 0.1) is 0 Å². The first-order valence-corrected chi connectivity index (χ1v) is 9.88. The molecule has 0 unspecified atom stereocenters. The lowest BCUT2D eigenvalue weighted by atomic mass is 10.1. The van der Waals surface area contributed by atoms with Gasteiger partial charge in [0.15, 0.2) is 0 Å². The van der Waals surface area contributed by atoms with E-state index in [1.54, 1.807) is 17.0 Å². The van der Waals surface area contributed by atoms with Gasteiger partial charge in [-0.25, -0.2) is 4.39 Å². The van der Waals surface area contributed by atoms with Crippen molar-refractivity contribution in [1.82, 2.24) is 4.90 Å². The molecular weight excluding hydrogens is 369 g/mol. The molecule has 0 aliphatic rings. The average Bonchev–Trinajstić information content (AvgIpc) is 2.67. The van der Waals surface area contributed by atoms with Crippen molar-refractivity contribution in [2.24, 2.45) is 5.92 Å². The van der Waals surface area contributed by atoms with Gasteiger partial charge in [0.1, 0.15) is 5.82 Å². The van der Waals surface area contributed by atoms with E-state index in [0.717, 1.165) is 17.7 Å². The third kappa shape index (κ3) is 6.04. The number of rotatable bonds is 8. The van der Waals surface area contributed by atoms with E-state index in [9.17, 15) is 14.0 Å². The second-order valence-corrected chi connectivity index (χ2v) is 7.62. The minimum Gasteiger partial charge on any atom is -0.377 e. The Bertz CT molecular complexity index is 865. The molecule has 0 aliphatic carbocycles. The maximum absolute atomic E-state index is 13.6. The zero-order chi connectivity index (χ0) is 21.6. The molecule has 0 atom stereocenters. The SMILES string of the molecule is CCCN(Cc1cc(NC(=O)C(C)C)ccc1N(C)C)C(=O)c1cccc(F)c1. The summed E-state index contributed by atoms with van der Waals surface area (Å²) in [6.07, 6.45) is 0.780. The number of hydrogen-bond acceptors (Lipinski definition) is 3. The molecule has 5 nitrogen and oxygen atoms in total. The summed E-state index contributed by atoms with van der Waals surface area (Å²) in [7, 11) is 3.87. The van der Waals surface area contributed by atoms with E-state index in [-0.39, 0.29) is 17.7 Å². The van der Waals surface area contributed by atoms with Crippen LogP contribution in [-0.4, -0.2) is 37.4 Å². The molecule has 29 heavy (non-hydrogen) atoms. The van der Waals surface area contributed by atoms with Gasteiger partial charge >= 0.3 is 0 Å². The largest absolute Gasteiger partial charge is 0.377 e. The second kappa shape index (κ2) is 10.0. The van der Waals surface area contributed by atoms with Crippen LogP contribution in [0.4, 0.5) is 15.8 Å². The Morgan fingerprint density at radius 3 is 2.41 bits per heavy atom. The number of nitrogens with zero attached hydrogens (tertiary/aromatic N) is 2. The third-order valence-corrected chi connectivity index (χ3v) is 4.57. The number of anilines is 2. The predicted molar refractivity (Wildman–Crippen MR) is 116 cm³/mol. The highest BCUT2D eigenvalue weighted by Crippen LogP contribution is 2.25. The van der Waals surface area contributed by atoms with E-state index < -0.39 is 5.82 Å². The van der Waals surface area contributed by atoms with Gasteiger partial charge in [0.25, 0.3) is 5.91 Å². The minimum atomic E-state index is -0.431. The Kier molecular flexibility index (Phi) is 7.76. The Morgan fingerprint density at radius 1 is 1.10 bits per heavy atom. The highest BCUT2D eigenvalue weighted by molar-refractivity contribution is 5.94. The molecule has 0 heterocycles. The Labute approximate surface area is 172 Å². The maximum Gasteiger partial charge on any atom is 0.254 e. The molecule has 0 fully saturated rings. The summed E-state index contributed by atoms with van der Waals surface area (Å²) in [6, 6.07) is 11.4. The van der Waals surface area contributed by atoms with Crippen molar-refractivity contribution < 1.29 is 14.0 Å². The van der Waals surface area contributed by atoms with E-state index in [2.05, 4.69) is 5.32 Å². The molecule has 2 aromatic carbocycles. The lowest BCUT2D eigenvalue weighted by Gasteiger charge is -2.26. The monoisotopic (exact) mass is 399 g/mol. The molecule has 156 valence electrons. The zero-order valence-electron chi connectivity index (χ0n) is 17.8. The van der Waals surface area contributed by atoms with Crippen LogP contribution in [0.2, 0.25) is 0 Å². The van der Waals surface area contributed by atoms with Gasteiger partial charge in [0.2, 0.25) is 5.91 Å². The molecule has 0 bridgehead atoms. The van der Waals surface area contributed by atoms with Crippen LogP contribution >= 0.6 is 0 Å². The van der Waals surface area contributed by atoms with E-state index in [1.165, 1.54) is 12.1 Å². The molecule has 6 heteroatoms. The quantitative estimate of drug-likeness (QED) is 0.709. The van der Waals surface area contributed by atoms with Crippen molar-refractivity contribution in [3.63, 3.8) is 0 Å². The molecule has 1 N–H and O–H groups in total. The van der Waals surface area contributed by atoms with Crippen molar-refractivity contribution in [2.75, 3.05) is 30.9 Å². The maximum atomic E-state index is 13.6. The number of amides is 2. The molecule has 0 saturated carbocycles. The van der Waals surface area contributed by atoms with Gasteiger partial charge in [-0.2, -0.15) is 0 Å².